The van der Waals surface area contributed by atoms with Crippen LogP contribution in [0.25, 0.3) is 0 Å². The minimum Gasteiger partial charge on any atom is -0.442 e. The maximum atomic E-state index is 11.7. The van der Waals surface area contributed by atoms with Gasteiger partial charge in [-0.1, -0.05) is 0 Å². The second-order valence-corrected chi connectivity index (χ2v) is 4.83. The van der Waals surface area contributed by atoms with Gasteiger partial charge in [-0.25, -0.2) is 0 Å². The molecule has 0 bridgehead atoms. The third-order valence-electron chi connectivity index (χ3n) is 2.74. The van der Waals surface area contributed by atoms with Gasteiger partial charge in [-0.2, -0.15) is 0 Å². The topological polar surface area (TPSA) is 194 Å². The van der Waals surface area contributed by atoms with Crippen LogP contribution in [0.2, 0.25) is 0 Å². The fourth-order valence-corrected chi connectivity index (χ4v) is 1.78. The lowest BCUT2D eigenvalue weighted by molar-refractivity contribution is -0.160. The Morgan fingerprint density at radius 3 is 1.19 bits per heavy atom. The van der Waals surface area contributed by atoms with Crippen LogP contribution in [0.4, 0.5) is 0 Å². The lowest BCUT2D eigenvalue weighted by Crippen LogP contribution is -2.61. The van der Waals surface area contributed by atoms with Gasteiger partial charge in [-0.15, -0.1) is 10.2 Å². The van der Waals surface area contributed by atoms with E-state index in [9.17, 15) is 28.8 Å². The summed E-state index contributed by atoms with van der Waals surface area (Å²) >= 11 is 0. The van der Waals surface area contributed by atoms with Gasteiger partial charge < -0.3 is 9.47 Å². The van der Waals surface area contributed by atoms with Crippen molar-refractivity contribution < 1.29 is 38.2 Å². The Morgan fingerprint density at radius 1 is 0.692 bits per heavy atom. The number of ether oxygens (including phenoxy) is 2. The van der Waals surface area contributed by atoms with Crippen LogP contribution in [0.1, 0.15) is 13.8 Å². The number of nitrogens with zero attached hydrogens (tertiary/aromatic N) is 2. The summed E-state index contributed by atoms with van der Waals surface area (Å²) in [6, 6.07) is 0. The third kappa shape index (κ3) is 4.37. The Hall–Kier alpha value is -3.84. The molecular weight excluding hydrogens is 356 g/mol. The molecule has 0 radical (unpaired) electrons. The van der Waals surface area contributed by atoms with E-state index < -0.39 is 59.7 Å². The smallest absolute Gasteiger partial charge is 0.303 e. The number of guanidine groups is 2. The Labute approximate surface area is 144 Å². The molecule has 4 amide bonds. The minimum absolute atomic E-state index is 0.429. The number of rotatable bonds is 3. The van der Waals surface area contributed by atoms with Gasteiger partial charge in [-0.05, 0) is 0 Å². The Kier molecular flexibility index (Phi) is 5.24. The molecule has 0 aromatic heterocycles. The van der Waals surface area contributed by atoms with Crippen molar-refractivity contribution >= 4 is 47.5 Å². The van der Waals surface area contributed by atoms with Gasteiger partial charge in [0.25, 0.3) is 35.8 Å². The first-order valence-electron chi connectivity index (χ1n) is 6.91. The van der Waals surface area contributed by atoms with Gasteiger partial charge in [-0.3, -0.25) is 50.0 Å². The summed E-state index contributed by atoms with van der Waals surface area (Å²) in [4.78, 5) is 68.4. The van der Waals surface area contributed by atoms with Gasteiger partial charge in [0.1, 0.15) is 0 Å². The zero-order chi connectivity index (χ0) is 19.4. The number of carbonyl (C=O) groups excluding carboxylic acids is 6. The van der Waals surface area contributed by atoms with Gasteiger partial charge >= 0.3 is 11.9 Å². The quantitative estimate of drug-likeness (QED) is 0.219. The van der Waals surface area contributed by atoms with E-state index in [4.69, 9.17) is 0 Å². The van der Waals surface area contributed by atoms with Crippen molar-refractivity contribution in [1.29, 1.82) is 0 Å². The van der Waals surface area contributed by atoms with Crippen LogP contribution in [0.5, 0.6) is 0 Å². The van der Waals surface area contributed by atoms with Crippen molar-refractivity contribution in [2.45, 2.75) is 26.1 Å². The highest BCUT2D eigenvalue weighted by Crippen LogP contribution is 2.01. The molecule has 2 fully saturated rings. The van der Waals surface area contributed by atoms with Crippen molar-refractivity contribution in [2.75, 3.05) is 0 Å². The summed E-state index contributed by atoms with van der Waals surface area (Å²) in [6.07, 6.45) is -3.37. The highest BCUT2D eigenvalue weighted by Gasteiger charge is 2.37. The van der Waals surface area contributed by atoms with Crippen LogP contribution in [0.3, 0.4) is 0 Å². The van der Waals surface area contributed by atoms with Crippen molar-refractivity contribution in [2.24, 2.45) is 10.2 Å². The molecule has 2 heterocycles. The van der Waals surface area contributed by atoms with Crippen molar-refractivity contribution in [1.82, 2.24) is 21.3 Å². The van der Waals surface area contributed by atoms with E-state index in [1.54, 1.807) is 0 Å². The molecule has 0 spiro atoms. The lowest BCUT2D eigenvalue weighted by Gasteiger charge is -2.23. The molecule has 4 N–H and O–H groups in total. The summed E-state index contributed by atoms with van der Waals surface area (Å²) in [6.45, 7) is 2.04. The second kappa shape index (κ2) is 7.37. The number of carbonyl (C=O) groups is 6. The summed E-state index contributed by atoms with van der Waals surface area (Å²) < 4.78 is 9.04. The summed E-state index contributed by atoms with van der Waals surface area (Å²) in [7, 11) is 0. The van der Waals surface area contributed by atoms with E-state index in [1.807, 2.05) is 0 Å². The Bertz CT molecular complexity index is 668. The zero-order valence-electron chi connectivity index (χ0n) is 13.3. The fourth-order valence-electron chi connectivity index (χ4n) is 1.78. The van der Waals surface area contributed by atoms with Crippen LogP contribution in [0.15, 0.2) is 10.2 Å². The molecule has 0 aromatic rings. The van der Waals surface area contributed by atoms with Crippen molar-refractivity contribution in [3.63, 3.8) is 0 Å². The van der Waals surface area contributed by atoms with Crippen molar-refractivity contribution in [3.8, 4) is 0 Å². The summed E-state index contributed by atoms with van der Waals surface area (Å²) in [5.41, 5.74) is 0. The van der Waals surface area contributed by atoms with Crippen LogP contribution >= 0.6 is 0 Å². The highest BCUT2D eigenvalue weighted by atomic mass is 16.6. The summed E-state index contributed by atoms with van der Waals surface area (Å²) in [5.74, 6) is -6.39. The number of hydrogen-bond donors (Lipinski definition) is 4. The third-order valence-corrected chi connectivity index (χ3v) is 2.74. The SMILES string of the molecule is CC(=O)OC1C(=O)NC(=NN=C2NC(=O)C(OC(C)=O)C(=O)N2)NC1=O. The standard InChI is InChI=1S/C12H12N6O8/c1-3(19)25-5-7(21)13-11(14-8(5)22)17-18-12-15-9(23)6(10(24)16-12)26-4(2)20/h5-6H,1-2H3,(H2,13,14,17,21,22)(H2,15,16,18,23,24). The second-order valence-electron chi connectivity index (χ2n) is 4.83. The molecule has 2 aliphatic heterocycles. The zero-order valence-corrected chi connectivity index (χ0v) is 13.3. The number of hydrogen-bond acceptors (Lipinski definition) is 10. The van der Waals surface area contributed by atoms with E-state index in [1.165, 1.54) is 0 Å². The van der Waals surface area contributed by atoms with Gasteiger partial charge in [0, 0.05) is 13.8 Å². The molecule has 2 aliphatic rings. The van der Waals surface area contributed by atoms with E-state index in [0.29, 0.717) is 0 Å². The Balaban J connectivity index is 2.05. The van der Waals surface area contributed by atoms with Crippen molar-refractivity contribution in [3.05, 3.63) is 0 Å². The molecular formula is C12H12N6O8. The molecule has 26 heavy (non-hydrogen) atoms. The van der Waals surface area contributed by atoms with E-state index in [0.717, 1.165) is 13.8 Å². The Morgan fingerprint density at radius 2 is 0.962 bits per heavy atom. The monoisotopic (exact) mass is 368 g/mol. The maximum Gasteiger partial charge on any atom is 0.303 e. The molecule has 0 unspecified atom stereocenters. The first-order chi connectivity index (χ1) is 12.2. The fraction of sp³-hybridized carbons (Fsp3) is 0.333. The lowest BCUT2D eigenvalue weighted by atomic mass is 10.2. The molecule has 0 atom stereocenters. The molecule has 0 aliphatic carbocycles. The average molecular weight is 368 g/mol. The van der Waals surface area contributed by atoms with Gasteiger partial charge in [0.2, 0.25) is 11.9 Å². The first kappa shape index (κ1) is 18.5. The predicted octanol–water partition coefficient (Wildman–Crippen LogP) is -4.03. The van der Waals surface area contributed by atoms with Gasteiger partial charge in [0.05, 0.1) is 0 Å². The molecule has 2 rings (SSSR count). The molecule has 14 nitrogen and oxygen atoms in total. The summed E-state index contributed by atoms with van der Waals surface area (Å²) in [5, 5.41) is 15.3. The van der Waals surface area contributed by atoms with Crippen LogP contribution in [0, 0.1) is 0 Å². The maximum absolute atomic E-state index is 11.7. The van der Waals surface area contributed by atoms with E-state index >= 15 is 0 Å². The normalized spacial score (nSPS) is 22.4. The first-order valence-corrected chi connectivity index (χ1v) is 6.91. The average Bonchev–Trinajstić information content (AvgIpc) is 2.52. The van der Waals surface area contributed by atoms with Crippen LogP contribution in [-0.2, 0) is 38.2 Å². The molecule has 14 heteroatoms. The molecule has 0 aromatic carbocycles. The number of esters is 2. The largest absolute Gasteiger partial charge is 0.442 e. The molecule has 0 saturated carbocycles. The molecule has 138 valence electrons. The molecule has 2 saturated heterocycles. The predicted molar refractivity (Wildman–Crippen MR) is 78.5 cm³/mol. The number of amides is 4. The van der Waals surface area contributed by atoms with Crippen LogP contribution < -0.4 is 21.3 Å². The van der Waals surface area contributed by atoms with Gasteiger partial charge in [0.15, 0.2) is 0 Å². The van der Waals surface area contributed by atoms with E-state index in [2.05, 4.69) is 40.9 Å². The van der Waals surface area contributed by atoms with Crippen LogP contribution in [-0.4, -0.2) is 59.7 Å². The number of nitrogens with one attached hydrogen (secondary N) is 4. The highest BCUT2D eigenvalue weighted by molar-refractivity contribution is 6.21. The minimum atomic E-state index is -1.68. The van der Waals surface area contributed by atoms with E-state index in [-0.39, 0.29) is 0 Å².